The third-order valence-electron chi connectivity index (χ3n) is 6.15. The normalized spacial score (nSPS) is 17.9. The van der Waals surface area contributed by atoms with Crippen molar-refractivity contribution in [1.82, 2.24) is 14.9 Å². The summed E-state index contributed by atoms with van der Waals surface area (Å²) in [5, 5.41) is 5.65. The largest absolute Gasteiger partial charge is 0.493 e. The lowest BCUT2D eigenvalue weighted by Gasteiger charge is -2.32. The van der Waals surface area contributed by atoms with Crippen molar-refractivity contribution >= 4 is 21.8 Å². The zero-order chi connectivity index (χ0) is 24.1. The van der Waals surface area contributed by atoms with Crippen molar-refractivity contribution in [3.8, 4) is 5.75 Å². The first-order valence-corrected chi connectivity index (χ1v) is 12.9. The maximum Gasteiger partial charge on any atom is 0.251 e. The Balaban J connectivity index is 1.34. The number of piperidine rings is 1. The second kappa shape index (κ2) is 10.4. The van der Waals surface area contributed by atoms with E-state index in [0.29, 0.717) is 44.5 Å². The minimum absolute atomic E-state index is 0.122. The molecule has 0 radical (unpaired) electrons. The molecule has 1 saturated heterocycles. The molecule has 180 valence electrons. The van der Waals surface area contributed by atoms with Gasteiger partial charge >= 0.3 is 0 Å². The predicted octanol–water partition coefficient (Wildman–Crippen LogP) is 2.05. The Morgan fingerprint density at radius 2 is 1.97 bits per heavy atom. The van der Waals surface area contributed by atoms with Crippen molar-refractivity contribution in [3.05, 3.63) is 71.8 Å². The molecule has 0 spiro atoms. The third-order valence-corrected chi connectivity index (χ3v) is 8.03. The van der Waals surface area contributed by atoms with Gasteiger partial charge in [0.2, 0.25) is 15.9 Å². The van der Waals surface area contributed by atoms with Crippen LogP contribution in [0, 0.1) is 0 Å². The average molecular weight is 484 g/mol. The number of para-hydroxylation sites is 1. The van der Waals surface area contributed by atoms with Gasteiger partial charge in [-0.05, 0) is 60.7 Å². The van der Waals surface area contributed by atoms with E-state index in [2.05, 4.69) is 23.3 Å². The minimum Gasteiger partial charge on any atom is -0.493 e. The molecule has 2 aromatic carbocycles. The average Bonchev–Trinajstić information content (AvgIpc) is 3.34. The quantitative estimate of drug-likeness (QED) is 0.559. The number of nitrogens with one attached hydrogen (secondary N) is 2. The summed E-state index contributed by atoms with van der Waals surface area (Å²) in [4.78, 5) is 24.2. The summed E-state index contributed by atoms with van der Waals surface area (Å²) in [5.74, 6) is 0.349. The second-order valence-corrected chi connectivity index (χ2v) is 10.4. The monoisotopic (exact) mass is 483 g/mol. The van der Waals surface area contributed by atoms with Gasteiger partial charge in [-0.3, -0.25) is 9.59 Å². The molecule has 2 aromatic rings. The zero-order valence-corrected chi connectivity index (χ0v) is 19.8. The second-order valence-electron chi connectivity index (χ2n) is 8.45. The van der Waals surface area contributed by atoms with Crippen molar-refractivity contribution in [1.29, 1.82) is 0 Å². The van der Waals surface area contributed by atoms with E-state index in [-0.39, 0.29) is 29.3 Å². The van der Waals surface area contributed by atoms with Crippen LogP contribution in [0.1, 0.15) is 34.3 Å². The molecule has 0 aliphatic carbocycles. The summed E-state index contributed by atoms with van der Waals surface area (Å²) in [6.45, 7) is 5.16. The van der Waals surface area contributed by atoms with Crippen LogP contribution in [0.5, 0.6) is 5.75 Å². The van der Waals surface area contributed by atoms with Crippen molar-refractivity contribution in [2.75, 3.05) is 26.2 Å². The van der Waals surface area contributed by atoms with Gasteiger partial charge in [0.25, 0.3) is 5.91 Å². The molecule has 2 N–H and O–H groups in total. The van der Waals surface area contributed by atoms with Crippen LogP contribution in [0.2, 0.25) is 0 Å². The van der Waals surface area contributed by atoms with Gasteiger partial charge in [-0.2, -0.15) is 4.31 Å². The highest BCUT2D eigenvalue weighted by molar-refractivity contribution is 7.89. The van der Waals surface area contributed by atoms with Gasteiger partial charge in [0.1, 0.15) is 5.75 Å². The van der Waals surface area contributed by atoms with Gasteiger partial charge in [-0.15, -0.1) is 0 Å². The Hall–Kier alpha value is -3.17. The number of benzene rings is 2. The number of ether oxygens (including phenoxy) is 1. The molecule has 0 aromatic heterocycles. The van der Waals surface area contributed by atoms with E-state index in [1.54, 1.807) is 0 Å². The van der Waals surface area contributed by atoms with Gasteiger partial charge in [0, 0.05) is 37.7 Å². The third kappa shape index (κ3) is 5.31. The fraction of sp³-hybridized carbons (Fsp3) is 0.360. The van der Waals surface area contributed by atoms with Crippen molar-refractivity contribution in [2.45, 2.75) is 36.6 Å². The molecule has 2 aliphatic heterocycles. The fourth-order valence-corrected chi connectivity index (χ4v) is 5.88. The fourth-order valence-electron chi connectivity index (χ4n) is 4.36. The maximum atomic E-state index is 13.1. The molecular formula is C25H29N3O5S. The van der Waals surface area contributed by atoms with Gasteiger partial charge in [-0.1, -0.05) is 24.8 Å². The zero-order valence-electron chi connectivity index (χ0n) is 19.0. The molecule has 2 heterocycles. The molecule has 4 rings (SSSR count). The molecule has 9 heteroatoms. The van der Waals surface area contributed by atoms with Crippen LogP contribution in [0.15, 0.2) is 60.0 Å². The van der Waals surface area contributed by atoms with Crippen LogP contribution in [0.25, 0.3) is 0 Å². The number of rotatable bonds is 8. The van der Waals surface area contributed by atoms with Crippen LogP contribution in [-0.4, -0.2) is 56.8 Å². The highest BCUT2D eigenvalue weighted by atomic mass is 32.2. The number of fused-ring (bicyclic) bond motifs is 1. The summed E-state index contributed by atoms with van der Waals surface area (Å²) in [7, 11) is -3.73. The maximum absolute atomic E-state index is 13.1. The van der Waals surface area contributed by atoms with Crippen LogP contribution in [0.3, 0.4) is 0 Å². The Morgan fingerprint density at radius 1 is 1.18 bits per heavy atom. The molecule has 1 atom stereocenters. The van der Waals surface area contributed by atoms with Crippen molar-refractivity contribution in [3.63, 3.8) is 0 Å². The molecule has 2 amide bonds. The molecule has 0 unspecified atom stereocenters. The summed E-state index contributed by atoms with van der Waals surface area (Å²) >= 11 is 0. The Kier molecular flexibility index (Phi) is 7.33. The highest BCUT2D eigenvalue weighted by Gasteiger charge is 2.30. The van der Waals surface area contributed by atoms with Crippen LogP contribution in [-0.2, 0) is 27.7 Å². The number of hydrogen-bond acceptors (Lipinski definition) is 5. The topological polar surface area (TPSA) is 105 Å². The number of sulfonamides is 1. The SMILES string of the molecule is C=CC(=O)N[C@H]1CCCN(S(=O)(=O)c2ccc(C(=O)NCCc3cccc4c3OCC4)cc2)C1. The first-order chi connectivity index (χ1) is 16.4. The van der Waals surface area contributed by atoms with Crippen LogP contribution < -0.4 is 15.4 Å². The standard InChI is InChI=1S/C25H29N3O5S/c1-2-23(29)27-21-7-4-15-28(17-21)34(31,32)22-10-8-20(9-11-22)25(30)26-14-12-18-5-3-6-19-13-16-33-24(18)19/h2-3,5-6,8-11,21H,1,4,7,12-17H2,(H,26,30)(H,27,29)/t21-/m0/s1. The summed E-state index contributed by atoms with van der Waals surface area (Å²) < 4.78 is 33.2. The lowest BCUT2D eigenvalue weighted by atomic mass is 10.1. The molecular weight excluding hydrogens is 454 g/mol. The lowest BCUT2D eigenvalue weighted by Crippen LogP contribution is -2.49. The number of nitrogens with zero attached hydrogens (tertiary/aromatic N) is 1. The first-order valence-electron chi connectivity index (χ1n) is 11.4. The predicted molar refractivity (Wildman–Crippen MR) is 128 cm³/mol. The van der Waals surface area contributed by atoms with E-state index in [4.69, 9.17) is 4.74 Å². The smallest absolute Gasteiger partial charge is 0.251 e. The van der Waals surface area contributed by atoms with Gasteiger partial charge in [0.05, 0.1) is 11.5 Å². The Morgan fingerprint density at radius 3 is 2.74 bits per heavy atom. The summed E-state index contributed by atoms with van der Waals surface area (Å²) in [6, 6.07) is 11.8. The van der Waals surface area contributed by atoms with Crippen LogP contribution in [0.4, 0.5) is 0 Å². The van der Waals surface area contributed by atoms with E-state index in [1.165, 1.54) is 40.2 Å². The van der Waals surface area contributed by atoms with E-state index >= 15 is 0 Å². The Bertz CT molecular complexity index is 1180. The number of amides is 2. The lowest BCUT2D eigenvalue weighted by molar-refractivity contribution is -0.117. The summed E-state index contributed by atoms with van der Waals surface area (Å²) in [6.07, 6.45) is 4.10. The molecule has 2 aliphatic rings. The summed E-state index contributed by atoms with van der Waals surface area (Å²) in [5.41, 5.74) is 2.66. The molecule has 34 heavy (non-hydrogen) atoms. The highest BCUT2D eigenvalue weighted by Crippen LogP contribution is 2.29. The van der Waals surface area contributed by atoms with Crippen molar-refractivity contribution in [2.24, 2.45) is 0 Å². The number of hydrogen-bond donors (Lipinski definition) is 2. The van der Waals surface area contributed by atoms with E-state index in [9.17, 15) is 18.0 Å². The van der Waals surface area contributed by atoms with E-state index < -0.39 is 10.0 Å². The van der Waals surface area contributed by atoms with Crippen LogP contribution >= 0.6 is 0 Å². The van der Waals surface area contributed by atoms with E-state index in [1.807, 2.05) is 12.1 Å². The minimum atomic E-state index is -3.73. The molecule has 1 fully saturated rings. The van der Waals surface area contributed by atoms with E-state index in [0.717, 1.165) is 17.7 Å². The van der Waals surface area contributed by atoms with Gasteiger partial charge in [0.15, 0.2) is 0 Å². The molecule has 0 saturated carbocycles. The number of carbonyl (C=O) groups excluding carboxylic acids is 2. The number of carbonyl (C=O) groups is 2. The van der Waals surface area contributed by atoms with Crippen molar-refractivity contribution < 1.29 is 22.7 Å². The Labute approximate surface area is 200 Å². The molecule has 8 nitrogen and oxygen atoms in total. The van der Waals surface area contributed by atoms with Gasteiger partial charge < -0.3 is 15.4 Å². The molecule has 0 bridgehead atoms. The first kappa shape index (κ1) is 24.0. The van der Waals surface area contributed by atoms with Gasteiger partial charge in [-0.25, -0.2) is 8.42 Å².